The van der Waals surface area contributed by atoms with Gasteiger partial charge in [-0.2, -0.15) is 11.8 Å². The standard InChI is InChI=1S/C11H24S/c1-6-11(7-9(2)3)8-12-10(4)5/h9-11H,6-8H2,1-5H3. The van der Waals surface area contributed by atoms with Crippen molar-refractivity contribution in [1.82, 2.24) is 0 Å². The lowest BCUT2D eigenvalue weighted by atomic mass is 9.97. The van der Waals surface area contributed by atoms with Gasteiger partial charge in [0.1, 0.15) is 0 Å². The van der Waals surface area contributed by atoms with E-state index in [1.54, 1.807) is 0 Å². The van der Waals surface area contributed by atoms with Gasteiger partial charge in [0.25, 0.3) is 0 Å². The Hall–Kier alpha value is 0.350. The second-order valence-electron chi connectivity index (χ2n) is 4.29. The third kappa shape index (κ3) is 7.02. The van der Waals surface area contributed by atoms with Gasteiger partial charge in [-0.1, -0.05) is 41.0 Å². The molecule has 74 valence electrons. The highest BCUT2D eigenvalue weighted by molar-refractivity contribution is 7.99. The van der Waals surface area contributed by atoms with E-state index in [0.717, 1.165) is 17.1 Å². The van der Waals surface area contributed by atoms with Crippen molar-refractivity contribution in [2.75, 3.05) is 5.75 Å². The first kappa shape index (κ1) is 12.3. The molecular weight excluding hydrogens is 164 g/mol. The molecule has 0 rings (SSSR count). The molecule has 0 amide bonds. The van der Waals surface area contributed by atoms with Crippen LogP contribution >= 0.6 is 11.8 Å². The first-order chi connectivity index (χ1) is 5.56. The largest absolute Gasteiger partial charge is 0.159 e. The zero-order valence-corrected chi connectivity index (χ0v) is 10.1. The fourth-order valence-corrected chi connectivity index (χ4v) is 2.38. The van der Waals surface area contributed by atoms with Gasteiger partial charge in [-0.05, 0) is 29.3 Å². The second kappa shape index (κ2) is 6.82. The summed E-state index contributed by atoms with van der Waals surface area (Å²) in [5, 5.41) is 0.797. The van der Waals surface area contributed by atoms with E-state index >= 15 is 0 Å². The molecular formula is C11H24S. The molecule has 0 fully saturated rings. The first-order valence-corrected chi connectivity index (χ1v) is 6.22. The molecule has 0 aromatic heterocycles. The topological polar surface area (TPSA) is 0 Å². The summed E-state index contributed by atoms with van der Waals surface area (Å²) in [7, 11) is 0. The molecule has 0 heterocycles. The molecule has 0 nitrogen and oxygen atoms in total. The van der Waals surface area contributed by atoms with E-state index < -0.39 is 0 Å². The van der Waals surface area contributed by atoms with Gasteiger partial charge in [0.05, 0.1) is 0 Å². The van der Waals surface area contributed by atoms with E-state index in [1.165, 1.54) is 18.6 Å². The highest BCUT2D eigenvalue weighted by Gasteiger charge is 2.09. The van der Waals surface area contributed by atoms with Crippen molar-refractivity contribution < 1.29 is 0 Å². The summed E-state index contributed by atoms with van der Waals surface area (Å²) in [4.78, 5) is 0. The normalized spacial score (nSPS) is 14.2. The Morgan fingerprint density at radius 1 is 1.08 bits per heavy atom. The molecule has 0 aliphatic heterocycles. The molecule has 1 heteroatoms. The maximum atomic E-state index is 2.32. The molecule has 0 aliphatic carbocycles. The minimum atomic E-state index is 0.797. The van der Waals surface area contributed by atoms with Gasteiger partial charge >= 0.3 is 0 Å². The maximum absolute atomic E-state index is 2.32. The van der Waals surface area contributed by atoms with Crippen molar-refractivity contribution in [3.05, 3.63) is 0 Å². The summed E-state index contributed by atoms with van der Waals surface area (Å²) < 4.78 is 0. The molecule has 0 aromatic carbocycles. The molecule has 1 unspecified atom stereocenters. The number of rotatable bonds is 6. The molecule has 0 N–H and O–H groups in total. The Balaban J connectivity index is 3.53. The minimum Gasteiger partial charge on any atom is -0.159 e. The number of hydrogen-bond donors (Lipinski definition) is 0. The lowest BCUT2D eigenvalue weighted by Crippen LogP contribution is -2.07. The monoisotopic (exact) mass is 188 g/mol. The first-order valence-electron chi connectivity index (χ1n) is 5.17. The van der Waals surface area contributed by atoms with Crippen molar-refractivity contribution in [2.45, 2.75) is 52.7 Å². The van der Waals surface area contributed by atoms with Crippen molar-refractivity contribution in [1.29, 1.82) is 0 Å². The highest BCUT2D eigenvalue weighted by atomic mass is 32.2. The van der Waals surface area contributed by atoms with Crippen molar-refractivity contribution in [3.8, 4) is 0 Å². The van der Waals surface area contributed by atoms with Crippen LogP contribution in [0.15, 0.2) is 0 Å². The third-order valence-corrected chi connectivity index (χ3v) is 3.38. The van der Waals surface area contributed by atoms with Crippen LogP contribution in [0.3, 0.4) is 0 Å². The van der Waals surface area contributed by atoms with Crippen LogP contribution in [0.5, 0.6) is 0 Å². The molecule has 12 heavy (non-hydrogen) atoms. The van der Waals surface area contributed by atoms with E-state index in [2.05, 4.69) is 46.4 Å². The quantitative estimate of drug-likeness (QED) is 0.602. The van der Waals surface area contributed by atoms with Crippen molar-refractivity contribution >= 4 is 11.8 Å². The zero-order chi connectivity index (χ0) is 9.56. The van der Waals surface area contributed by atoms with Crippen LogP contribution in [0.4, 0.5) is 0 Å². The van der Waals surface area contributed by atoms with Gasteiger partial charge in [-0.25, -0.2) is 0 Å². The smallest absolute Gasteiger partial charge is 0.000958 e. The third-order valence-electron chi connectivity index (χ3n) is 2.05. The van der Waals surface area contributed by atoms with E-state index in [1.807, 2.05) is 0 Å². The van der Waals surface area contributed by atoms with E-state index in [9.17, 15) is 0 Å². The number of hydrogen-bond acceptors (Lipinski definition) is 1. The maximum Gasteiger partial charge on any atom is -0.000958 e. The summed E-state index contributed by atoms with van der Waals surface area (Å²) in [6.45, 7) is 11.5. The molecule has 0 radical (unpaired) electrons. The van der Waals surface area contributed by atoms with E-state index in [-0.39, 0.29) is 0 Å². The van der Waals surface area contributed by atoms with Crippen LogP contribution in [0.25, 0.3) is 0 Å². The van der Waals surface area contributed by atoms with E-state index in [4.69, 9.17) is 0 Å². The minimum absolute atomic E-state index is 0.797. The summed E-state index contributed by atoms with van der Waals surface area (Å²) in [6, 6.07) is 0. The summed E-state index contributed by atoms with van der Waals surface area (Å²) in [5.41, 5.74) is 0. The molecule has 0 aromatic rings. The van der Waals surface area contributed by atoms with E-state index in [0.29, 0.717) is 0 Å². The Labute approximate surface area is 82.5 Å². The van der Waals surface area contributed by atoms with Gasteiger partial charge in [0.2, 0.25) is 0 Å². The second-order valence-corrected chi connectivity index (χ2v) is 5.90. The molecule has 0 bridgehead atoms. The molecule has 0 saturated heterocycles. The predicted molar refractivity (Wildman–Crippen MR) is 60.8 cm³/mol. The summed E-state index contributed by atoms with van der Waals surface area (Å²) in [5.74, 6) is 3.16. The fourth-order valence-electron chi connectivity index (χ4n) is 1.35. The lowest BCUT2D eigenvalue weighted by molar-refractivity contribution is 0.434. The predicted octanol–water partition coefficient (Wildman–Crippen LogP) is 4.20. The van der Waals surface area contributed by atoms with Gasteiger partial charge in [-0.15, -0.1) is 0 Å². The molecule has 0 aliphatic rings. The molecule has 0 saturated carbocycles. The Bertz CT molecular complexity index is 97.2. The van der Waals surface area contributed by atoms with Gasteiger partial charge in [0.15, 0.2) is 0 Å². The van der Waals surface area contributed by atoms with Crippen LogP contribution in [0.2, 0.25) is 0 Å². The lowest BCUT2D eigenvalue weighted by Gasteiger charge is -2.17. The van der Waals surface area contributed by atoms with Crippen molar-refractivity contribution in [3.63, 3.8) is 0 Å². The van der Waals surface area contributed by atoms with Crippen LogP contribution in [0, 0.1) is 11.8 Å². The van der Waals surface area contributed by atoms with Gasteiger partial charge in [0, 0.05) is 0 Å². The molecule has 0 spiro atoms. The van der Waals surface area contributed by atoms with Gasteiger partial charge in [-0.3, -0.25) is 0 Å². The Morgan fingerprint density at radius 2 is 1.67 bits per heavy atom. The summed E-state index contributed by atoms with van der Waals surface area (Å²) >= 11 is 2.11. The fraction of sp³-hybridized carbons (Fsp3) is 1.00. The highest BCUT2D eigenvalue weighted by Crippen LogP contribution is 2.22. The molecule has 1 atom stereocenters. The van der Waals surface area contributed by atoms with Crippen LogP contribution in [0.1, 0.15) is 47.5 Å². The zero-order valence-electron chi connectivity index (χ0n) is 9.26. The van der Waals surface area contributed by atoms with Crippen LogP contribution < -0.4 is 0 Å². The summed E-state index contributed by atoms with van der Waals surface area (Å²) in [6.07, 6.45) is 2.74. The van der Waals surface area contributed by atoms with Crippen molar-refractivity contribution in [2.24, 2.45) is 11.8 Å². The number of thioether (sulfide) groups is 1. The average molecular weight is 188 g/mol. The van der Waals surface area contributed by atoms with Crippen LogP contribution in [-0.2, 0) is 0 Å². The van der Waals surface area contributed by atoms with Crippen LogP contribution in [-0.4, -0.2) is 11.0 Å². The SMILES string of the molecule is CCC(CSC(C)C)CC(C)C. The average Bonchev–Trinajstić information content (AvgIpc) is 1.97. The Kier molecular flexibility index (Phi) is 7.02. The Morgan fingerprint density at radius 3 is 2.00 bits per heavy atom. The van der Waals surface area contributed by atoms with Gasteiger partial charge < -0.3 is 0 Å².